The summed E-state index contributed by atoms with van der Waals surface area (Å²) in [5, 5.41) is 0.433. The molecule has 2 fully saturated rings. The van der Waals surface area contributed by atoms with Gasteiger partial charge in [0, 0.05) is 39.1 Å². The van der Waals surface area contributed by atoms with Gasteiger partial charge in [-0.1, -0.05) is 54.1 Å². The molecule has 4 rings (SSSR count). The number of amides is 3. The lowest BCUT2D eigenvalue weighted by molar-refractivity contribution is -0.137. The van der Waals surface area contributed by atoms with E-state index < -0.39 is 0 Å². The van der Waals surface area contributed by atoms with Gasteiger partial charge in [-0.25, -0.2) is 0 Å². The first-order chi connectivity index (χ1) is 15.0. The molecular weight excluding hydrogens is 414 g/mol. The molecule has 2 atom stereocenters. The topological polar surface area (TPSA) is 60.9 Å². The lowest BCUT2D eigenvalue weighted by atomic mass is 10.1. The first-order valence-corrected chi connectivity index (χ1v) is 11.0. The van der Waals surface area contributed by atoms with Crippen LogP contribution in [0.25, 0.3) is 0 Å². The Morgan fingerprint density at radius 2 is 1.55 bits per heavy atom. The van der Waals surface area contributed by atoms with E-state index in [1.165, 1.54) is 0 Å². The summed E-state index contributed by atoms with van der Waals surface area (Å²) in [6.45, 7) is 4.29. The van der Waals surface area contributed by atoms with Crippen LogP contribution in [-0.4, -0.2) is 65.1 Å². The fourth-order valence-electron chi connectivity index (χ4n) is 4.38. The molecule has 0 N–H and O–H groups in total. The zero-order valence-electron chi connectivity index (χ0n) is 17.5. The highest BCUT2D eigenvalue weighted by molar-refractivity contribution is 6.33. The number of rotatable bonds is 4. The van der Waals surface area contributed by atoms with Gasteiger partial charge in [0.05, 0.1) is 22.5 Å². The maximum atomic E-state index is 13.1. The Bertz CT molecular complexity index is 973. The van der Waals surface area contributed by atoms with E-state index in [1.54, 1.807) is 39.0 Å². The van der Waals surface area contributed by atoms with Crippen LogP contribution in [0.5, 0.6) is 0 Å². The van der Waals surface area contributed by atoms with Crippen molar-refractivity contribution in [2.75, 3.05) is 32.7 Å². The van der Waals surface area contributed by atoms with E-state index in [4.69, 9.17) is 11.6 Å². The van der Waals surface area contributed by atoms with Gasteiger partial charge in [0.15, 0.2) is 0 Å². The molecule has 0 radical (unpaired) electrons. The quantitative estimate of drug-likeness (QED) is 0.734. The summed E-state index contributed by atoms with van der Waals surface area (Å²) in [7, 11) is 0. The van der Waals surface area contributed by atoms with E-state index in [9.17, 15) is 14.4 Å². The molecule has 2 aliphatic heterocycles. The highest BCUT2D eigenvalue weighted by atomic mass is 35.5. The minimum Gasteiger partial charge on any atom is -0.339 e. The van der Waals surface area contributed by atoms with Crippen molar-refractivity contribution < 1.29 is 14.4 Å². The lowest BCUT2D eigenvalue weighted by Crippen LogP contribution is -2.52. The van der Waals surface area contributed by atoms with Crippen molar-refractivity contribution in [2.45, 2.75) is 19.4 Å². The number of carbonyl (C=O) groups is 3. The summed E-state index contributed by atoms with van der Waals surface area (Å²) in [6.07, 6.45) is 0.245. The maximum absolute atomic E-state index is 13.1. The van der Waals surface area contributed by atoms with Gasteiger partial charge < -0.3 is 14.7 Å². The molecule has 0 aliphatic carbocycles. The van der Waals surface area contributed by atoms with Gasteiger partial charge in [0.2, 0.25) is 11.8 Å². The van der Waals surface area contributed by atoms with Crippen molar-refractivity contribution in [3.63, 3.8) is 0 Å². The summed E-state index contributed by atoms with van der Waals surface area (Å²) in [6, 6.07) is 16.8. The average molecular weight is 440 g/mol. The number of benzene rings is 2. The van der Waals surface area contributed by atoms with Crippen LogP contribution in [-0.2, 0) is 9.59 Å². The third-order valence-electron chi connectivity index (χ3n) is 6.24. The SMILES string of the molecule is C[C@H](c1ccccc1)N1C[C@@H](C(=O)N2CCN(C(=O)c3ccccc3Cl)CC2)CC1=O. The molecule has 2 saturated heterocycles. The summed E-state index contributed by atoms with van der Waals surface area (Å²) in [5.74, 6) is -0.427. The first-order valence-electron chi connectivity index (χ1n) is 10.6. The minimum atomic E-state index is -0.329. The molecule has 2 aromatic rings. The van der Waals surface area contributed by atoms with Crippen molar-refractivity contribution in [1.82, 2.24) is 14.7 Å². The van der Waals surface area contributed by atoms with Crippen molar-refractivity contribution in [2.24, 2.45) is 5.92 Å². The normalized spacial score (nSPS) is 20.1. The molecule has 0 bridgehead atoms. The van der Waals surface area contributed by atoms with E-state index in [1.807, 2.05) is 37.3 Å². The number of likely N-dealkylation sites (tertiary alicyclic amines) is 1. The number of carbonyl (C=O) groups excluding carboxylic acids is 3. The molecule has 2 aromatic carbocycles. The van der Waals surface area contributed by atoms with E-state index in [2.05, 4.69) is 0 Å². The zero-order valence-corrected chi connectivity index (χ0v) is 18.3. The summed E-state index contributed by atoms with van der Waals surface area (Å²) < 4.78 is 0. The van der Waals surface area contributed by atoms with Gasteiger partial charge >= 0.3 is 0 Å². The van der Waals surface area contributed by atoms with Gasteiger partial charge in [-0.15, -0.1) is 0 Å². The maximum Gasteiger partial charge on any atom is 0.255 e. The minimum absolute atomic E-state index is 0.000883. The molecule has 0 unspecified atom stereocenters. The summed E-state index contributed by atoms with van der Waals surface area (Å²) >= 11 is 6.15. The van der Waals surface area contributed by atoms with Gasteiger partial charge in [0.25, 0.3) is 5.91 Å². The number of nitrogens with zero attached hydrogens (tertiary/aromatic N) is 3. The fraction of sp³-hybridized carbons (Fsp3) is 0.375. The van der Waals surface area contributed by atoms with E-state index >= 15 is 0 Å². The van der Waals surface area contributed by atoms with Gasteiger partial charge in [-0.05, 0) is 24.6 Å². The Morgan fingerprint density at radius 3 is 2.23 bits per heavy atom. The Hall–Kier alpha value is -2.86. The number of hydrogen-bond donors (Lipinski definition) is 0. The molecule has 0 saturated carbocycles. The first kappa shape index (κ1) is 21.4. The van der Waals surface area contributed by atoms with E-state index in [0.717, 1.165) is 5.56 Å². The second-order valence-electron chi connectivity index (χ2n) is 8.13. The van der Waals surface area contributed by atoms with E-state index in [0.29, 0.717) is 43.3 Å². The van der Waals surface area contributed by atoms with Crippen molar-refractivity contribution >= 4 is 29.3 Å². The number of hydrogen-bond acceptors (Lipinski definition) is 3. The Morgan fingerprint density at radius 1 is 0.935 bits per heavy atom. The highest BCUT2D eigenvalue weighted by Crippen LogP contribution is 2.29. The Labute approximate surface area is 187 Å². The molecule has 6 nitrogen and oxygen atoms in total. The van der Waals surface area contributed by atoms with Crippen LogP contribution >= 0.6 is 11.6 Å². The Balaban J connectivity index is 1.34. The Kier molecular flexibility index (Phi) is 6.28. The second kappa shape index (κ2) is 9.10. The predicted molar refractivity (Wildman–Crippen MR) is 119 cm³/mol. The molecule has 162 valence electrons. The van der Waals surface area contributed by atoms with Crippen LogP contribution in [0.3, 0.4) is 0 Å². The van der Waals surface area contributed by atoms with Gasteiger partial charge in [-0.2, -0.15) is 0 Å². The highest BCUT2D eigenvalue weighted by Gasteiger charge is 2.39. The molecule has 0 aromatic heterocycles. The molecule has 2 heterocycles. The monoisotopic (exact) mass is 439 g/mol. The molecule has 0 spiro atoms. The van der Waals surface area contributed by atoms with Crippen LogP contribution in [0.4, 0.5) is 0 Å². The van der Waals surface area contributed by atoms with Crippen molar-refractivity contribution in [3.8, 4) is 0 Å². The summed E-state index contributed by atoms with van der Waals surface area (Å²) in [5.41, 5.74) is 1.55. The average Bonchev–Trinajstić information content (AvgIpc) is 3.20. The van der Waals surface area contributed by atoms with Gasteiger partial charge in [0.1, 0.15) is 0 Å². The van der Waals surface area contributed by atoms with Gasteiger partial charge in [-0.3, -0.25) is 14.4 Å². The lowest BCUT2D eigenvalue weighted by Gasteiger charge is -2.36. The van der Waals surface area contributed by atoms with Crippen LogP contribution in [0.15, 0.2) is 54.6 Å². The van der Waals surface area contributed by atoms with Crippen LogP contribution in [0.2, 0.25) is 5.02 Å². The summed E-state index contributed by atoms with van der Waals surface area (Å²) in [4.78, 5) is 43.7. The third kappa shape index (κ3) is 4.44. The van der Waals surface area contributed by atoms with Crippen molar-refractivity contribution in [3.05, 3.63) is 70.7 Å². The smallest absolute Gasteiger partial charge is 0.255 e. The van der Waals surface area contributed by atoms with Crippen molar-refractivity contribution in [1.29, 1.82) is 0 Å². The molecular formula is C24H26ClN3O3. The fourth-order valence-corrected chi connectivity index (χ4v) is 4.59. The molecule has 7 heteroatoms. The van der Waals surface area contributed by atoms with E-state index in [-0.39, 0.29) is 36.1 Å². The predicted octanol–water partition coefficient (Wildman–Crippen LogP) is 3.23. The number of piperazine rings is 1. The third-order valence-corrected chi connectivity index (χ3v) is 6.57. The number of halogens is 1. The largest absolute Gasteiger partial charge is 0.339 e. The van der Waals surface area contributed by atoms with Crippen LogP contribution in [0, 0.1) is 5.92 Å². The van der Waals surface area contributed by atoms with Crippen LogP contribution < -0.4 is 0 Å². The molecule has 31 heavy (non-hydrogen) atoms. The second-order valence-corrected chi connectivity index (χ2v) is 8.54. The van der Waals surface area contributed by atoms with Crippen LogP contribution in [0.1, 0.15) is 35.3 Å². The molecule has 2 aliphatic rings. The molecule has 3 amide bonds. The standard InChI is InChI=1S/C24H26ClN3O3/c1-17(18-7-3-2-4-8-18)28-16-19(15-22(28)29)23(30)26-11-13-27(14-12-26)24(31)20-9-5-6-10-21(20)25/h2-10,17,19H,11-16H2,1H3/t17-,19+/m1/s1. The zero-order chi connectivity index (χ0) is 22.0.